The number of nitrogens with one attached hydrogen (secondary N) is 1. The first-order chi connectivity index (χ1) is 16.5. The number of benzene rings is 2. The van der Waals surface area contributed by atoms with E-state index in [2.05, 4.69) is 23.7 Å². The minimum atomic E-state index is -0.340. The number of carbonyl (C=O) groups excluding carboxylic acids is 1. The van der Waals surface area contributed by atoms with Crippen molar-refractivity contribution in [3.8, 4) is 22.8 Å². The van der Waals surface area contributed by atoms with Crippen molar-refractivity contribution >= 4 is 5.91 Å². The number of H-pyrrole nitrogens is 1. The second-order valence-electron chi connectivity index (χ2n) is 8.97. The molecule has 1 unspecified atom stereocenters. The Kier molecular flexibility index (Phi) is 7.06. The van der Waals surface area contributed by atoms with Gasteiger partial charge in [0.05, 0.1) is 12.6 Å². The maximum absolute atomic E-state index is 13.2. The molecule has 4 rings (SSSR count). The number of amides is 1. The van der Waals surface area contributed by atoms with Crippen LogP contribution in [-0.2, 0) is 0 Å². The Balaban J connectivity index is 1.69. The number of carbonyl (C=O) groups is 1. The van der Waals surface area contributed by atoms with Crippen molar-refractivity contribution in [1.82, 2.24) is 15.1 Å². The number of aromatic nitrogens is 2. The molecule has 1 aliphatic rings. The van der Waals surface area contributed by atoms with Gasteiger partial charge in [-0.1, -0.05) is 50.5 Å². The molecule has 0 radical (unpaired) electrons. The summed E-state index contributed by atoms with van der Waals surface area (Å²) < 4.78 is 5.91. The van der Waals surface area contributed by atoms with E-state index in [9.17, 15) is 9.90 Å². The third-order valence-electron chi connectivity index (χ3n) is 6.35. The molecule has 0 saturated heterocycles. The first-order valence-electron chi connectivity index (χ1n) is 12.0. The van der Waals surface area contributed by atoms with Gasteiger partial charge in [0, 0.05) is 17.7 Å². The van der Waals surface area contributed by atoms with Crippen LogP contribution in [0.1, 0.15) is 71.4 Å². The second-order valence-corrected chi connectivity index (χ2v) is 8.97. The van der Waals surface area contributed by atoms with Crippen molar-refractivity contribution in [3.63, 3.8) is 0 Å². The van der Waals surface area contributed by atoms with E-state index in [1.54, 1.807) is 11.0 Å². The molecule has 34 heavy (non-hydrogen) atoms. The van der Waals surface area contributed by atoms with Gasteiger partial charge in [0.25, 0.3) is 5.91 Å². The first-order valence-corrected chi connectivity index (χ1v) is 12.0. The molecular formula is C28H33N3O3. The maximum atomic E-state index is 13.2. The molecule has 6 nitrogen and oxygen atoms in total. The zero-order valence-electron chi connectivity index (χ0n) is 20.2. The predicted octanol–water partition coefficient (Wildman–Crippen LogP) is 6.09. The van der Waals surface area contributed by atoms with Crippen LogP contribution in [0.15, 0.2) is 49.1 Å². The van der Waals surface area contributed by atoms with Gasteiger partial charge in [-0.05, 0) is 55.2 Å². The quantitative estimate of drug-likeness (QED) is 0.284. The molecule has 2 N–H and O–H groups in total. The van der Waals surface area contributed by atoms with E-state index >= 15 is 0 Å². The summed E-state index contributed by atoms with van der Waals surface area (Å²) in [5.74, 6) is 0.873. The van der Waals surface area contributed by atoms with Gasteiger partial charge in [-0.3, -0.25) is 9.89 Å². The SMILES string of the molecule is C=CCN1C(=O)c2[nH]nc(-c3cc(C)cc(C)c3O)c2C1c1ccc(OCCCCCC)cc1. The van der Waals surface area contributed by atoms with Gasteiger partial charge in [-0.25, -0.2) is 0 Å². The Morgan fingerprint density at radius 3 is 2.65 bits per heavy atom. The molecule has 1 atom stereocenters. The highest BCUT2D eigenvalue weighted by Crippen LogP contribution is 2.45. The molecule has 3 aromatic rings. The van der Waals surface area contributed by atoms with Crippen molar-refractivity contribution in [1.29, 1.82) is 0 Å². The van der Waals surface area contributed by atoms with Crippen molar-refractivity contribution < 1.29 is 14.6 Å². The number of fused-ring (bicyclic) bond motifs is 1. The zero-order chi connectivity index (χ0) is 24.2. The Labute approximate surface area is 201 Å². The van der Waals surface area contributed by atoms with E-state index in [-0.39, 0.29) is 17.7 Å². The second kappa shape index (κ2) is 10.2. The lowest BCUT2D eigenvalue weighted by molar-refractivity contribution is 0.0764. The smallest absolute Gasteiger partial charge is 0.273 e. The number of phenolic OH excluding ortho intramolecular Hbond substituents is 1. The average molecular weight is 460 g/mol. The highest BCUT2D eigenvalue weighted by Gasteiger charge is 2.42. The molecule has 2 aromatic carbocycles. The summed E-state index contributed by atoms with van der Waals surface area (Å²) in [7, 11) is 0. The minimum absolute atomic E-state index is 0.126. The summed E-state index contributed by atoms with van der Waals surface area (Å²) >= 11 is 0. The molecule has 0 fully saturated rings. The number of hydrogen-bond donors (Lipinski definition) is 2. The molecule has 0 aliphatic carbocycles. The zero-order valence-corrected chi connectivity index (χ0v) is 20.2. The van der Waals surface area contributed by atoms with Crippen molar-refractivity contribution in [2.45, 2.75) is 52.5 Å². The Bertz CT molecular complexity index is 1180. The van der Waals surface area contributed by atoms with Crippen LogP contribution in [0.2, 0.25) is 0 Å². The monoisotopic (exact) mass is 459 g/mol. The lowest BCUT2D eigenvalue weighted by Gasteiger charge is -2.25. The summed E-state index contributed by atoms with van der Waals surface area (Å²) in [6.45, 7) is 11.0. The van der Waals surface area contributed by atoms with Crippen LogP contribution in [-0.4, -0.2) is 39.3 Å². The van der Waals surface area contributed by atoms with Gasteiger partial charge in [-0.2, -0.15) is 5.10 Å². The van der Waals surface area contributed by atoms with Gasteiger partial charge < -0.3 is 14.7 Å². The Morgan fingerprint density at radius 2 is 1.94 bits per heavy atom. The number of nitrogens with zero attached hydrogens (tertiary/aromatic N) is 2. The molecule has 0 bridgehead atoms. The summed E-state index contributed by atoms with van der Waals surface area (Å²) in [4.78, 5) is 15.0. The van der Waals surface area contributed by atoms with Crippen LogP contribution >= 0.6 is 0 Å². The first kappa shape index (κ1) is 23.6. The predicted molar refractivity (Wildman–Crippen MR) is 134 cm³/mol. The van der Waals surface area contributed by atoms with Gasteiger partial charge in [0.2, 0.25) is 0 Å². The van der Waals surface area contributed by atoms with E-state index in [4.69, 9.17) is 4.74 Å². The number of phenols is 1. The molecule has 2 heterocycles. The third-order valence-corrected chi connectivity index (χ3v) is 6.35. The van der Waals surface area contributed by atoms with E-state index in [1.807, 2.05) is 50.2 Å². The summed E-state index contributed by atoms with van der Waals surface area (Å²) in [6.07, 6.45) is 6.37. The lowest BCUT2D eigenvalue weighted by Crippen LogP contribution is -2.29. The molecule has 0 spiro atoms. The highest BCUT2D eigenvalue weighted by atomic mass is 16.5. The van der Waals surface area contributed by atoms with Gasteiger partial charge >= 0.3 is 0 Å². The summed E-state index contributed by atoms with van der Waals surface area (Å²) in [5.41, 5.74) is 5.21. The van der Waals surface area contributed by atoms with Gasteiger partial charge in [0.15, 0.2) is 0 Å². The van der Waals surface area contributed by atoms with E-state index in [0.717, 1.165) is 34.4 Å². The summed E-state index contributed by atoms with van der Waals surface area (Å²) in [5, 5.41) is 18.2. The molecule has 1 aromatic heterocycles. The topological polar surface area (TPSA) is 78.5 Å². The van der Waals surface area contributed by atoms with Crippen LogP contribution in [0.5, 0.6) is 11.5 Å². The van der Waals surface area contributed by atoms with Crippen molar-refractivity contribution in [2.75, 3.05) is 13.2 Å². The number of aromatic hydroxyl groups is 1. The highest BCUT2D eigenvalue weighted by molar-refractivity contribution is 6.00. The number of aromatic amines is 1. The standard InChI is InChI=1S/C28H33N3O3/c1-5-7-8-9-15-34-21-12-10-20(11-13-21)26-23-24(22-17-18(3)16-19(4)27(22)32)29-30-25(23)28(33)31(26)14-6-2/h6,10-13,16-17,26,32H,2,5,7-9,14-15H2,1,3-4H3,(H,29,30). The fourth-order valence-electron chi connectivity index (χ4n) is 4.68. The van der Waals surface area contributed by atoms with Crippen LogP contribution in [0.3, 0.4) is 0 Å². The van der Waals surface area contributed by atoms with Crippen LogP contribution in [0, 0.1) is 13.8 Å². The number of rotatable bonds is 10. The largest absolute Gasteiger partial charge is 0.507 e. The molecule has 0 saturated carbocycles. The van der Waals surface area contributed by atoms with E-state index < -0.39 is 0 Å². The Morgan fingerprint density at radius 1 is 1.18 bits per heavy atom. The summed E-state index contributed by atoms with van der Waals surface area (Å²) in [6, 6.07) is 11.4. The van der Waals surface area contributed by atoms with Gasteiger partial charge in [0.1, 0.15) is 22.9 Å². The fourth-order valence-corrected chi connectivity index (χ4v) is 4.68. The molecule has 6 heteroatoms. The van der Waals surface area contributed by atoms with Crippen molar-refractivity contribution in [3.05, 3.63) is 77.0 Å². The number of ether oxygens (including phenoxy) is 1. The lowest BCUT2D eigenvalue weighted by atomic mass is 9.94. The normalized spacial score (nSPS) is 15.0. The molecule has 1 amide bonds. The number of aryl methyl sites for hydroxylation is 2. The van der Waals surface area contributed by atoms with Crippen LogP contribution in [0.4, 0.5) is 0 Å². The van der Waals surface area contributed by atoms with E-state index in [0.29, 0.717) is 30.1 Å². The molecule has 1 aliphatic heterocycles. The van der Waals surface area contributed by atoms with Crippen LogP contribution in [0.25, 0.3) is 11.3 Å². The van der Waals surface area contributed by atoms with E-state index in [1.165, 1.54) is 19.3 Å². The Hall–Kier alpha value is -3.54. The minimum Gasteiger partial charge on any atom is -0.507 e. The molecular weight excluding hydrogens is 426 g/mol. The van der Waals surface area contributed by atoms with Gasteiger partial charge in [-0.15, -0.1) is 6.58 Å². The van der Waals surface area contributed by atoms with Crippen LogP contribution < -0.4 is 4.74 Å². The number of unbranched alkanes of at least 4 members (excludes halogenated alkanes) is 3. The maximum Gasteiger partial charge on any atom is 0.273 e. The van der Waals surface area contributed by atoms with Crippen molar-refractivity contribution in [2.24, 2.45) is 0 Å². The average Bonchev–Trinajstić information content (AvgIpc) is 3.36. The number of hydrogen-bond acceptors (Lipinski definition) is 4. The third kappa shape index (κ3) is 4.45. The fraction of sp³-hybridized carbons (Fsp3) is 0.357. The molecule has 178 valence electrons.